The second-order valence-electron chi connectivity index (χ2n) is 4.85. The van der Waals surface area contributed by atoms with Crippen LogP contribution in [0.4, 0.5) is 0 Å². The van der Waals surface area contributed by atoms with E-state index in [1.54, 1.807) is 0 Å². The molecule has 1 aliphatic carbocycles. The lowest BCUT2D eigenvalue weighted by molar-refractivity contribution is -0.123. The fourth-order valence-corrected chi connectivity index (χ4v) is 2.32. The Morgan fingerprint density at radius 3 is 2.94 bits per heavy atom. The third-order valence-corrected chi connectivity index (χ3v) is 3.55. The molecule has 1 fully saturated rings. The van der Waals surface area contributed by atoms with Gasteiger partial charge in [0.15, 0.2) is 0 Å². The van der Waals surface area contributed by atoms with Gasteiger partial charge in [-0.25, -0.2) is 0 Å². The zero-order valence-corrected chi connectivity index (χ0v) is 9.93. The van der Waals surface area contributed by atoms with Crippen LogP contribution in [0.2, 0.25) is 0 Å². The lowest BCUT2D eigenvalue weighted by atomic mass is 10.00. The summed E-state index contributed by atoms with van der Waals surface area (Å²) in [6.07, 6.45) is 2.08. The van der Waals surface area contributed by atoms with E-state index >= 15 is 0 Å². The summed E-state index contributed by atoms with van der Waals surface area (Å²) < 4.78 is 5.48. The molecule has 1 heterocycles. The molecule has 4 heteroatoms. The average Bonchev–Trinajstić information content (AvgIpc) is 3.14. The molecular weight excluding hydrogens is 228 g/mol. The first kappa shape index (κ1) is 11.1. The van der Waals surface area contributed by atoms with Crippen molar-refractivity contribution < 1.29 is 9.53 Å². The van der Waals surface area contributed by atoms with Crippen molar-refractivity contribution in [3.63, 3.8) is 0 Å². The third-order valence-electron chi connectivity index (χ3n) is 3.55. The predicted octanol–water partition coefficient (Wildman–Crippen LogP) is 1.58. The quantitative estimate of drug-likeness (QED) is 0.875. The zero-order valence-electron chi connectivity index (χ0n) is 9.93. The number of nitrogens with one attached hydrogen (secondary N) is 1. The number of nitriles is 1. The molecule has 2 aliphatic rings. The first-order chi connectivity index (χ1) is 8.79. The number of hydrogen-bond acceptors (Lipinski definition) is 3. The molecule has 3 rings (SSSR count). The van der Waals surface area contributed by atoms with Crippen LogP contribution in [0.5, 0.6) is 5.75 Å². The molecule has 0 radical (unpaired) electrons. The molecule has 2 atom stereocenters. The number of rotatable bonds is 3. The number of carbonyl (C=O) groups excluding carboxylic acids is 1. The highest BCUT2D eigenvalue weighted by Crippen LogP contribution is 2.35. The summed E-state index contributed by atoms with van der Waals surface area (Å²) in [5, 5.41) is 11.9. The number of carbonyl (C=O) groups is 1. The number of para-hydroxylation sites is 1. The Bertz CT molecular complexity index is 517. The molecule has 1 aromatic carbocycles. The van der Waals surface area contributed by atoms with Crippen molar-refractivity contribution in [2.24, 2.45) is 5.92 Å². The van der Waals surface area contributed by atoms with E-state index in [1.165, 1.54) is 0 Å². The molecule has 18 heavy (non-hydrogen) atoms. The summed E-state index contributed by atoms with van der Waals surface area (Å²) in [6.45, 7) is 0.369. The SMILES string of the molecule is N#C[C@H](NC(=O)[C@@H]1COc2ccccc21)C1CC1. The van der Waals surface area contributed by atoms with Gasteiger partial charge in [0.2, 0.25) is 5.91 Å². The van der Waals surface area contributed by atoms with Crippen LogP contribution in [0.3, 0.4) is 0 Å². The molecule has 1 aromatic rings. The van der Waals surface area contributed by atoms with E-state index in [0.29, 0.717) is 12.5 Å². The number of fused-ring (bicyclic) bond motifs is 1. The van der Waals surface area contributed by atoms with Crippen molar-refractivity contribution in [3.05, 3.63) is 29.8 Å². The summed E-state index contributed by atoms with van der Waals surface area (Å²) >= 11 is 0. The van der Waals surface area contributed by atoms with Gasteiger partial charge in [0.25, 0.3) is 0 Å². The van der Waals surface area contributed by atoms with Gasteiger partial charge >= 0.3 is 0 Å². The van der Waals surface area contributed by atoms with Gasteiger partial charge in [-0.3, -0.25) is 4.79 Å². The minimum absolute atomic E-state index is 0.0987. The van der Waals surface area contributed by atoms with E-state index in [2.05, 4.69) is 11.4 Å². The molecule has 4 nitrogen and oxygen atoms in total. The second-order valence-corrected chi connectivity index (χ2v) is 4.85. The standard InChI is InChI=1S/C14H14N2O2/c15-7-12(9-5-6-9)16-14(17)11-8-18-13-4-2-1-3-10(11)13/h1-4,9,11-12H,5-6,8H2,(H,16,17)/t11-,12+/m1/s1. The minimum atomic E-state index is -0.342. The third kappa shape index (κ3) is 1.92. The molecule has 0 bridgehead atoms. The average molecular weight is 242 g/mol. The van der Waals surface area contributed by atoms with Crippen molar-refractivity contribution >= 4 is 5.91 Å². The highest BCUT2D eigenvalue weighted by Gasteiger charge is 2.36. The predicted molar refractivity (Wildman–Crippen MR) is 64.9 cm³/mol. The van der Waals surface area contributed by atoms with Gasteiger partial charge < -0.3 is 10.1 Å². The number of nitrogens with zero attached hydrogens (tertiary/aromatic N) is 1. The lowest BCUT2D eigenvalue weighted by Crippen LogP contribution is -2.39. The summed E-state index contributed by atoms with van der Waals surface area (Å²) in [5.74, 6) is 0.739. The summed E-state index contributed by atoms with van der Waals surface area (Å²) in [6, 6.07) is 9.39. The lowest BCUT2D eigenvalue weighted by Gasteiger charge is -2.14. The van der Waals surface area contributed by atoms with Gasteiger partial charge in [-0.2, -0.15) is 5.26 Å². The normalized spacial score (nSPS) is 22.5. The topological polar surface area (TPSA) is 62.1 Å². The Balaban J connectivity index is 1.72. The minimum Gasteiger partial charge on any atom is -0.492 e. The fourth-order valence-electron chi connectivity index (χ4n) is 2.32. The summed E-state index contributed by atoms with van der Waals surface area (Å²) in [4.78, 5) is 12.2. The molecule has 1 aliphatic heterocycles. The Labute approximate surface area is 106 Å². The first-order valence-electron chi connectivity index (χ1n) is 6.21. The van der Waals surface area contributed by atoms with Gasteiger partial charge in [-0.1, -0.05) is 18.2 Å². The van der Waals surface area contributed by atoms with E-state index in [-0.39, 0.29) is 17.9 Å². The maximum Gasteiger partial charge on any atom is 0.232 e. The Morgan fingerprint density at radius 2 is 2.22 bits per heavy atom. The molecule has 0 unspecified atom stereocenters. The van der Waals surface area contributed by atoms with Crippen molar-refractivity contribution in [1.29, 1.82) is 5.26 Å². The van der Waals surface area contributed by atoms with Crippen LogP contribution in [0.1, 0.15) is 24.3 Å². The first-order valence-corrected chi connectivity index (χ1v) is 6.21. The van der Waals surface area contributed by atoms with E-state index in [4.69, 9.17) is 10.00 Å². The molecule has 92 valence electrons. The number of benzene rings is 1. The van der Waals surface area contributed by atoms with Crippen molar-refractivity contribution in [2.75, 3.05) is 6.61 Å². The molecular formula is C14H14N2O2. The monoisotopic (exact) mass is 242 g/mol. The van der Waals surface area contributed by atoms with Crippen LogP contribution in [0.15, 0.2) is 24.3 Å². The second kappa shape index (κ2) is 4.34. The van der Waals surface area contributed by atoms with Gasteiger partial charge in [-0.05, 0) is 24.8 Å². The smallest absolute Gasteiger partial charge is 0.232 e. The van der Waals surface area contributed by atoms with Gasteiger partial charge in [0.05, 0.1) is 6.07 Å². The van der Waals surface area contributed by atoms with E-state index in [1.807, 2.05) is 24.3 Å². The highest BCUT2D eigenvalue weighted by atomic mass is 16.5. The molecule has 0 saturated heterocycles. The van der Waals surface area contributed by atoms with Crippen molar-refractivity contribution in [3.8, 4) is 11.8 Å². The molecule has 0 spiro atoms. The highest BCUT2D eigenvalue weighted by molar-refractivity contribution is 5.86. The van der Waals surface area contributed by atoms with Gasteiger partial charge in [-0.15, -0.1) is 0 Å². The Hall–Kier alpha value is -2.02. The number of amides is 1. The van der Waals surface area contributed by atoms with Gasteiger partial charge in [0.1, 0.15) is 24.3 Å². The van der Waals surface area contributed by atoms with Crippen LogP contribution in [0, 0.1) is 17.2 Å². The fraction of sp³-hybridized carbons (Fsp3) is 0.429. The van der Waals surface area contributed by atoms with Crippen LogP contribution in [0.25, 0.3) is 0 Å². The molecule has 1 amide bonds. The number of hydrogen-bond donors (Lipinski definition) is 1. The molecule has 1 saturated carbocycles. The van der Waals surface area contributed by atoms with E-state index < -0.39 is 0 Å². The van der Waals surface area contributed by atoms with Crippen molar-refractivity contribution in [1.82, 2.24) is 5.32 Å². The van der Waals surface area contributed by atoms with Crippen LogP contribution < -0.4 is 10.1 Å². The molecule has 1 N–H and O–H groups in total. The van der Waals surface area contributed by atoms with Gasteiger partial charge in [0, 0.05) is 5.56 Å². The van der Waals surface area contributed by atoms with E-state index in [9.17, 15) is 4.79 Å². The molecule has 0 aromatic heterocycles. The van der Waals surface area contributed by atoms with Crippen LogP contribution >= 0.6 is 0 Å². The Kier molecular flexibility index (Phi) is 2.67. The summed E-state index contributed by atoms with van der Waals surface area (Å²) in [7, 11) is 0. The zero-order chi connectivity index (χ0) is 12.5. The largest absolute Gasteiger partial charge is 0.492 e. The summed E-state index contributed by atoms with van der Waals surface area (Å²) in [5.41, 5.74) is 0.919. The van der Waals surface area contributed by atoms with Crippen LogP contribution in [-0.2, 0) is 4.79 Å². The Morgan fingerprint density at radius 1 is 1.44 bits per heavy atom. The van der Waals surface area contributed by atoms with E-state index in [0.717, 1.165) is 24.2 Å². The number of ether oxygens (including phenoxy) is 1. The van der Waals surface area contributed by atoms with Crippen LogP contribution in [-0.4, -0.2) is 18.6 Å². The van der Waals surface area contributed by atoms with Crippen molar-refractivity contribution in [2.45, 2.75) is 24.8 Å². The maximum absolute atomic E-state index is 12.2. The maximum atomic E-state index is 12.2.